The Morgan fingerprint density at radius 2 is 2.15 bits per heavy atom. The maximum atomic E-state index is 6.05. The summed E-state index contributed by atoms with van der Waals surface area (Å²) in [6.07, 6.45) is 7.77. The van der Waals surface area contributed by atoms with Crippen molar-refractivity contribution in [1.82, 2.24) is 4.90 Å². The number of halogens is 1. The van der Waals surface area contributed by atoms with Gasteiger partial charge in [0, 0.05) is 31.7 Å². The largest absolute Gasteiger partial charge is 0.381 e. The third kappa shape index (κ3) is 2.03. The van der Waals surface area contributed by atoms with Crippen LogP contribution in [0.1, 0.15) is 12.8 Å². The first-order chi connectivity index (χ1) is 6.38. The minimum absolute atomic E-state index is 0.229. The molecule has 0 aliphatic carbocycles. The fraction of sp³-hybridized carbons (Fsp3) is 0.667. The van der Waals surface area contributed by atoms with Crippen LogP contribution < -0.4 is 0 Å². The van der Waals surface area contributed by atoms with Crippen LogP contribution in [0.2, 0.25) is 0 Å². The zero-order chi connectivity index (χ0) is 9.10. The molecule has 2 aliphatic heterocycles. The van der Waals surface area contributed by atoms with Gasteiger partial charge in [-0.1, -0.05) is 11.6 Å². The van der Waals surface area contributed by atoms with Crippen LogP contribution in [0, 0.1) is 0 Å². The zero-order valence-corrected chi connectivity index (χ0v) is 8.15. The second-order valence-corrected chi connectivity index (χ2v) is 3.63. The standard InChI is InChI=1S/C9H13ClN2O/c10-9-11-4-1-5-12(9)8-2-6-13-7-3-8/h1,4-5,8-9H,2-3,6-7H2. The smallest absolute Gasteiger partial charge is 0.197 e. The number of ether oxygens (including phenoxy) is 1. The fourth-order valence-electron chi connectivity index (χ4n) is 1.69. The van der Waals surface area contributed by atoms with Gasteiger partial charge in [-0.2, -0.15) is 0 Å². The maximum absolute atomic E-state index is 6.05. The quantitative estimate of drug-likeness (QED) is 0.475. The molecule has 1 fully saturated rings. The second-order valence-electron chi connectivity index (χ2n) is 3.24. The Morgan fingerprint density at radius 1 is 1.38 bits per heavy atom. The van der Waals surface area contributed by atoms with Crippen LogP contribution >= 0.6 is 11.6 Å². The van der Waals surface area contributed by atoms with Gasteiger partial charge in [0.1, 0.15) is 0 Å². The van der Waals surface area contributed by atoms with Gasteiger partial charge in [0.2, 0.25) is 0 Å². The molecule has 4 heteroatoms. The minimum Gasteiger partial charge on any atom is -0.381 e. The summed E-state index contributed by atoms with van der Waals surface area (Å²) in [6.45, 7) is 1.67. The minimum atomic E-state index is -0.229. The lowest BCUT2D eigenvalue weighted by atomic mass is 10.1. The molecule has 0 radical (unpaired) electrons. The lowest BCUT2D eigenvalue weighted by molar-refractivity contribution is 0.0463. The van der Waals surface area contributed by atoms with Crippen LogP contribution in [0.15, 0.2) is 17.3 Å². The van der Waals surface area contributed by atoms with Crippen LogP contribution in [0.25, 0.3) is 0 Å². The van der Waals surface area contributed by atoms with E-state index < -0.39 is 0 Å². The SMILES string of the molecule is ClC1N=CC=CN1C1CCOCC1. The molecule has 1 saturated heterocycles. The Labute approximate surface area is 83.0 Å². The molecule has 0 aromatic rings. The summed E-state index contributed by atoms with van der Waals surface area (Å²) in [4.78, 5) is 6.23. The number of aliphatic imine (C=N–C) groups is 1. The Kier molecular flexibility index (Phi) is 2.86. The molecular formula is C9H13ClN2O. The average Bonchev–Trinajstić information content (AvgIpc) is 2.20. The van der Waals surface area contributed by atoms with Crippen molar-refractivity contribution in [2.75, 3.05) is 13.2 Å². The Balaban J connectivity index is 1.98. The van der Waals surface area contributed by atoms with Gasteiger partial charge in [-0.05, 0) is 18.9 Å². The number of hydrogen-bond donors (Lipinski definition) is 0. The lowest BCUT2D eigenvalue weighted by Gasteiger charge is -2.35. The average molecular weight is 201 g/mol. The van der Waals surface area contributed by atoms with Crippen molar-refractivity contribution in [3.8, 4) is 0 Å². The lowest BCUT2D eigenvalue weighted by Crippen LogP contribution is -2.40. The van der Waals surface area contributed by atoms with Crippen molar-refractivity contribution in [1.29, 1.82) is 0 Å². The molecule has 0 aromatic carbocycles. The number of rotatable bonds is 1. The van der Waals surface area contributed by atoms with E-state index in [1.165, 1.54) is 0 Å². The molecule has 2 aliphatic rings. The van der Waals surface area contributed by atoms with Crippen LogP contribution in [0.4, 0.5) is 0 Å². The summed E-state index contributed by atoms with van der Waals surface area (Å²) in [7, 11) is 0. The van der Waals surface area contributed by atoms with E-state index >= 15 is 0 Å². The molecule has 13 heavy (non-hydrogen) atoms. The topological polar surface area (TPSA) is 24.8 Å². The van der Waals surface area contributed by atoms with Crippen molar-refractivity contribution in [2.24, 2.45) is 4.99 Å². The van der Waals surface area contributed by atoms with Gasteiger partial charge in [-0.25, -0.2) is 0 Å². The first kappa shape index (κ1) is 9.03. The molecule has 2 heterocycles. The van der Waals surface area contributed by atoms with Crippen LogP contribution in [-0.4, -0.2) is 36.0 Å². The first-order valence-electron chi connectivity index (χ1n) is 4.57. The summed E-state index contributed by atoms with van der Waals surface area (Å²) in [5.74, 6) is 0. The van der Waals surface area contributed by atoms with Gasteiger partial charge in [-0.15, -0.1) is 0 Å². The van der Waals surface area contributed by atoms with Gasteiger partial charge < -0.3 is 9.64 Å². The van der Waals surface area contributed by atoms with Crippen molar-refractivity contribution in [3.05, 3.63) is 12.3 Å². The summed E-state index contributed by atoms with van der Waals surface area (Å²) in [5.41, 5.74) is -0.229. The van der Waals surface area contributed by atoms with E-state index in [0.717, 1.165) is 26.1 Å². The predicted octanol–water partition coefficient (Wildman–Crippen LogP) is 1.59. The molecule has 0 aromatic heterocycles. The van der Waals surface area contributed by atoms with E-state index in [1.54, 1.807) is 6.21 Å². The van der Waals surface area contributed by atoms with Crippen molar-refractivity contribution >= 4 is 17.8 Å². The molecule has 0 bridgehead atoms. The third-order valence-corrected chi connectivity index (χ3v) is 2.75. The molecule has 0 saturated carbocycles. The number of allylic oxidation sites excluding steroid dienone is 1. The number of alkyl halides is 1. The highest BCUT2D eigenvalue weighted by atomic mass is 35.5. The molecular weight excluding hydrogens is 188 g/mol. The van der Waals surface area contributed by atoms with Gasteiger partial charge in [0.05, 0.1) is 0 Å². The van der Waals surface area contributed by atoms with Crippen LogP contribution in [-0.2, 0) is 4.74 Å². The molecule has 0 spiro atoms. The van der Waals surface area contributed by atoms with Crippen molar-refractivity contribution in [2.45, 2.75) is 24.5 Å². The molecule has 2 rings (SSSR count). The van der Waals surface area contributed by atoms with Crippen LogP contribution in [0.3, 0.4) is 0 Å². The van der Waals surface area contributed by atoms with E-state index in [-0.39, 0.29) is 5.62 Å². The summed E-state index contributed by atoms with van der Waals surface area (Å²) >= 11 is 6.05. The summed E-state index contributed by atoms with van der Waals surface area (Å²) in [5, 5.41) is 0. The van der Waals surface area contributed by atoms with Gasteiger partial charge in [0.15, 0.2) is 5.62 Å². The Bertz CT molecular complexity index is 224. The van der Waals surface area contributed by atoms with E-state index in [2.05, 4.69) is 9.89 Å². The van der Waals surface area contributed by atoms with E-state index in [1.807, 2.05) is 12.3 Å². The van der Waals surface area contributed by atoms with Gasteiger partial charge in [-0.3, -0.25) is 4.99 Å². The van der Waals surface area contributed by atoms with E-state index in [0.29, 0.717) is 6.04 Å². The molecule has 72 valence electrons. The highest BCUT2D eigenvalue weighted by Crippen LogP contribution is 2.21. The Hall–Kier alpha value is -0.540. The number of hydrogen-bond acceptors (Lipinski definition) is 3. The predicted molar refractivity (Wildman–Crippen MR) is 53.0 cm³/mol. The third-order valence-electron chi connectivity index (χ3n) is 2.41. The zero-order valence-electron chi connectivity index (χ0n) is 7.40. The van der Waals surface area contributed by atoms with Crippen molar-refractivity contribution < 1.29 is 4.74 Å². The molecule has 1 atom stereocenters. The molecule has 1 unspecified atom stereocenters. The van der Waals surface area contributed by atoms with Crippen molar-refractivity contribution in [3.63, 3.8) is 0 Å². The Morgan fingerprint density at radius 3 is 2.85 bits per heavy atom. The summed E-state index contributed by atoms with van der Waals surface area (Å²) < 4.78 is 5.29. The fourth-order valence-corrected chi connectivity index (χ4v) is 1.98. The maximum Gasteiger partial charge on any atom is 0.197 e. The van der Waals surface area contributed by atoms with Gasteiger partial charge >= 0.3 is 0 Å². The van der Waals surface area contributed by atoms with Gasteiger partial charge in [0.25, 0.3) is 0 Å². The van der Waals surface area contributed by atoms with Crippen LogP contribution in [0.5, 0.6) is 0 Å². The normalized spacial score (nSPS) is 29.6. The summed E-state index contributed by atoms with van der Waals surface area (Å²) in [6, 6.07) is 0.491. The highest BCUT2D eigenvalue weighted by Gasteiger charge is 2.24. The second kappa shape index (κ2) is 4.11. The van der Waals surface area contributed by atoms with E-state index in [4.69, 9.17) is 16.3 Å². The highest BCUT2D eigenvalue weighted by molar-refractivity contribution is 6.20. The monoisotopic (exact) mass is 200 g/mol. The molecule has 3 nitrogen and oxygen atoms in total. The molecule has 0 N–H and O–H groups in total. The van der Waals surface area contributed by atoms with E-state index in [9.17, 15) is 0 Å². The molecule has 0 amide bonds. The first-order valence-corrected chi connectivity index (χ1v) is 5.01. The number of nitrogens with zero attached hydrogens (tertiary/aromatic N) is 2.